The predicted octanol–water partition coefficient (Wildman–Crippen LogP) is 1.76. The Balaban J connectivity index is 2.45. The zero-order valence-corrected chi connectivity index (χ0v) is 10.3. The second-order valence-electron chi connectivity index (χ2n) is 3.93. The number of aromatic nitrogens is 4. The average molecular weight is 241 g/mol. The quantitative estimate of drug-likeness (QED) is 0.828. The lowest BCUT2D eigenvalue weighted by atomic mass is 10.2. The van der Waals surface area contributed by atoms with Crippen LogP contribution < -0.4 is 5.73 Å². The van der Waals surface area contributed by atoms with Crippen molar-refractivity contribution in [3.05, 3.63) is 49.2 Å². The van der Waals surface area contributed by atoms with Gasteiger partial charge in [-0.3, -0.25) is 4.68 Å². The molecule has 0 fully saturated rings. The van der Waals surface area contributed by atoms with Crippen molar-refractivity contribution in [2.45, 2.75) is 13.5 Å². The molecule has 0 atom stereocenters. The van der Waals surface area contributed by atoms with Crippen molar-refractivity contribution in [3.8, 4) is 11.3 Å². The van der Waals surface area contributed by atoms with Crippen LogP contribution in [0.3, 0.4) is 0 Å². The van der Waals surface area contributed by atoms with E-state index in [4.69, 9.17) is 5.73 Å². The largest absolute Gasteiger partial charge is 0.397 e. The molecule has 0 spiro atoms. The topological polar surface area (TPSA) is 69.6 Å². The molecular formula is C13H15N5. The van der Waals surface area contributed by atoms with Gasteiger partial charge >= 0.3 is 0 Å². The summed E-state index contributed by atoms with van der Waals surface area (Å²) in [5, 5.41) is 4.45. The van der Waals surface area contributed by atoms with Gasteiger partial charge < -0.3 is 5.73 Å². The van der Waals surface area contributed by atoms with Crippen LogP contribution in [0.5, 0.6) is 0 Å². The van der Waals surface area contributed by atoms with E-state index in [1.54, 1.807) is 23.2 Å². The van der Waals surface area contributed by atoms with E-state index in [2.05, 4.69) is 28.2 Å². The van der Waals surface area contributed by atoms with Crippen LogP contribution in [0.1, 0.15) is 11.5 Å². The Morgan fingerprint density at radius 2 is 2.11 bits per heavy atom. The van der Waals surface area contributed by atoms with Gasteiger partial charge in [-0.25, -0.2) is 9.97 Å². The highest BCUT2D eigenvalue weighted by molar-refractivity contribution is 5.65. The first-order valence-electron chi connectivity index (χ1n) is 5.54. The Morgan fingerprint density at radius 3 is 2.67 bits per heavy atom. The molecule has 0 amide bonds. The molecule has 0 saturated carbocycles. The van der Waals surface area contributed by atoms with Gasteiger partial charge in [-0.2, -0.15) is 5.10 Å². The van der Waals surface area contributed by atoms with Gasteiger partial charge in [-0.15, -0.1) is 6.58 Å². The zero-order valence-electron chi connectivity index (χ0n) is 10.3. The molecule has 18 heavy (non-hydrogen) atoms. The monoisotopic (exact) mass is 241 g/mol. The van der Waals surface area contributed by atoms with E-state index in [9.17, 15) is 0 Å². The van der Waals surface area contributed by atoms with Gasteiger partial charge in [0, 0.05) is 23.7 Å². The molecule has 0 unspecified atom stereocenters. The molecule has 0 aliphatic heterocycles. The molecule has 2 aromatic rings. The maximum atomic E-state index is 5.74. The molecule has 5 nitrogen and oxygen atoms in total. The summed E-state index contributed by atoms with van der Waals surface area (Å²) in [6.07, 6.45) is 5.24. The summed E-state index contributed by atoms with van der Waals surface area (Å²) in [6.45, 7) is 9.86. The summed E-state index contributed by atoms with van der Waals surface area (Å²) in [7, 11) is 0. The van der Waals surface area contributed by atoms with Gasteiger partial charge in [0.2, 0.25) is 0 Å². The lowest BCUT2D eigenvalue weighted by molar-refractivity contribution is 0.694. The van der Waals surface area contributed by atoms with Crippen molar-refractivity contribution in [3.63, 3.8) is 0 Å². The highest BCUT2D eigenvalue weighted by atomic mass is 15.3. The molecular weight excluding hydrogens is 226 g/mol. The molecule has 92 valence electrons. The third kappa shape index (κ3) is 2.29. The molecule has 0 aromatic carbocycles. The molecule has 2 rings (SSSR count). The van der Waals surface area contributed by atoms with Crippen LogP contribution in [0.4, 0.5) is 0 Å². The number of aryl methyl sites for hydroxylation is 1. The van der Waals surface area contributed by atoms with Crippen LogP contribution in [-0.4, -0.2) is 19.7 Å². The normalized spacial score (nSPS) is 10.3. The van der Waals surface area contributed by atoms with Gasteiger partial charge in [0.25, 0.3) is 0 Å². The third-order valence-corrected chi connectivity index (χ3v) is 2.49. The van der Waals surface area contributed by atoms with Crippen molar-refractivity contribution in [2.24, 2.45) is 5.73 Å². The van der Waals surface area contributed by atoms with Crippen LogP contribution in [0.25, 0.3) is 17.0 Å². The number of rotatable bonds is 4. The fourth-order valence-electron chi connectivity index (χ4n) is 1.60. The Hall–Kier alpha value is -2.43. The van der Waals surface area contributed by atoms with Crippen LogP contribution in [-0.2, 0) is 6.54 Å². The Kier molecular flexibility index (Phi) is 3.23. The lowest BCUT2D eigenvalue weighted by Gasteiger charge is -2.02. The minimum atomic E-state index is 0.476. The van der Waals surface area contributed by atoms with E-state index in [1.165, 1.54) is 0 Å². The first-order chi connectivity index (χ1) is 8.61. The van der Waals surface area contributed by atoms with E-state index in [-0.39, 0.29) is 0 Å². The van der Waals surface area contributed by atoms with E-state index >= 15 is 0 Å². The molecule has 0 aliphatic rings. The number of allylic oxidation sites excluding steroid dienone is 1. The molecule has 0 bridgehead atoms. The minimum Gasteiger partial charge on any atom is -0.397 e. The summed E-state index contributed by atoms with van der Waals surface area (Å²) in [5.41, 5.74) is 8.63. The van der Waals surface area contributed by atoms with Crippen LogP contribution in [0, 0.1) is 6.92 Å². The smallest absolute Gasteiger partial charge is 0.125 e. The fraction of sp³-hybridized carbons (Fsp3) is 0.154. The van der Waals surface area contributed by atoms with Crippen molar-refractivity contribution in [2.75, 3.05) is 0 Å². The van der Waals surface area contributed by atoms with Gasteiger partial charge in [0.15, 0.2) is 0 Å². The SMILES string of the molecule is C=CCn1nc(-c2cnc(C)nc2)cc1C(=C)N. The minimum absolute atomic E-state index is 0.476. The average Bonchev–Trinajstić information content (AvgIpc) is 2.75. The molecule has 0 radical (unpaired) electrons. The van der Waals surface area contributed by atoms with E-state index in [0.29, 0.717) is 12.2 Å². The molecule has 2 aromatic heterocycles. The summed E-state index contributed by atoms with van der Waals surface area (Å²) in [5.74, 6) is 0.729. The summed E-state index contributed by atoms with van der Waals surface area (Å²) >= 11 is 0. The first-order valence-corrected chi connectivity index (χ1v) is 5.54. The van der Waals surface area contributed by atoms with Crippen molar-refractivity contribution in [1.29, 1.82) is 0 Å². The lowest BCUT2D eigenvalue weighted by Crippen LogP contribution is -2.06. The first kappa shape index (κ1) is 12.0. The maximum Gasteiger partial charge on any atom is 0.125 e. The Morgan fingerprint density at radius 1 is 1.44 bits per heavy atom. The van der Waals surface area contributed by atoms with Crippen molar-refractivity contribution < 1.29 is 0 Å². The zero-order chi connectivity index (χ0) is 13.1. The van der Waals surface area contributed by atoms with E-state index < -0.39 is 0 Å². The van der Waals surface area contributed by atoms with Crippen LogP contribution in [0.15, 0.2) is 37.7 Å². The Bertz CT molecular complexity index is 580. The molecule has 2 N–H and O–H groups in total. The summed E-state index contributed by atoms with van der Waals surface area (Å²) < 4.78 is 1.75. The summed E-state index contributed by atoms with van der Waals surface area (Å²) in [6, 6.07) is 1.87. The van der Waals surface area contributed by atoms with E-state index in [1.807, 2.05) is 13.0 Å². The van der Waals surface area contributed by atoms with Gasteiger partial charge in [0.1, 0.15) is 5.82 Å². The second-order valence-corrected chi connectivity index (χ2v) is 3.93. The molecule has 0 saturated heterocycles. The predicted molar refractivity (Wildman–Crippen MR) is 71.4 cm³/mol. The number of hydrogen-bond donors (Lipinski definition) is 1. The second kappa shape index (κ2) is 4.83. The molecule has 0 aliphatic carbocycles. The summed E-state index contributed by atoms with van der Waals surface area (Å²) in [4.78, 5) is 8.30. The highest BCUT2D eigenvalue weighted by Gasteiger charge is 2.10. The van der Waals surface area contributed by atoms with Crippen molar-refractivity contribution in [1.82, 2.24) is 19.7 Å². The highest BCUT2D eigenvalue weighted by Crippen LogP contribution is 2.20. The number of nitrogens with zero attached hydrogens (tertiary/aromatic N) is 4. The Labute approximate surface area is 106 Å². The fourth-order valence-corrected chi connectivity index (χ4v) is 1.60. The van der Waals surface area contributed by atoms with Crippen LogP contribution >= 0.6 is 0 Å². The third-order valence-electron chi connectivity index (χ3n) is 2.49. The van der Waals surface area contributed by atoms with E-state index in [0.717, 1.165) is 22.8 Å². The maximum absolute atomic E-state index is 5.74. The van der Waals surface area contributed by atoms with Crippen molar-refractivity contribution >= 4 is 5.70 Å². The van der Waals surface area contributed by atoms with Crippen LogP contribution in [0.2, 0.25) is 0 Å². The standard InChI is InChI=1S/C13H15N5/c1-4-5-18-13(9(2)14)6-12(17-18)11-7-15-10(3)16-8-11/h4,6-8H,1-2,5,14H2,3H3. The number of hydrogen-bond acceptors (Lipinski definition) is 4. The molecule has 2 heterocycles. The van der Waals surface area contributed by atoms with Gasteiger partial charge in [0.05, 0.1) is 17.9 Å². The van der Waals surface area contributed by atoms with Gasteiger partial charge in [-0.05, 0) is 13.0 Å². The van der Waals surface area contributed by atoms with Gasteiger partial charge in [-0.1, -0.05) is 12.7 Å². The number of nitrogens with two attached hydrogens (primary N) is 1. The molecule has 5 heteroatoms.